The molecular formula is C21H26N2O3. The fourth-order valence-electron chi connectivity index (χ4n) is 2.75. The summed E-state index contributed by atoms with van der Waals surface area (Å²) in [6.45, 7) is 7.22. The summed E-state index contributed by atoms with van der Waals surface area (Å²) in [6, 6.07) is 12.7. The molecular weight excluding hydrogens is 328 g/mol. The number of hydrogen-bond donors (Lipinski definition) is 1. The number of nitrogens with one attached hydrogen (secondary N) is 1. The van der Waals surface area contributed by atoms with Gasteiger partial charge in [-0.3, -0.25) is 9.59 Å². The minimum atomic E-state index is -0.112. The van der Waals surface area contributed by atoms with E-state index in [2.05, 4.69) is 5.32 Å². The van der Waals surface area contributed by atoms with Crippen LogP contribution in [0.15, 0.2) is 42.5 Å². The number of nitrogens with zero attached hydrogens (tertiary/aromatic N) is 1. The van der Waals surface area contributed by atoms with Crippen LogP contribution in [0.5, 0.6) is 5.75 Å². The van der Waals surface area contributed by atoms with E-state index in [1.165, 1.54) is 0 Å². The Morgan fingerprint density at radius 2 is 1.69 bits per heavy atom. The average Bonchev–Trinajstić information content (AvgIpc) is 2.64. The number of carbonyl (C=O) groups is 2. The standard InChI is InChI=1S/C21H26N2O3/c1-5-23(6-2)21(25)17-9-11-18(12-10-17)22-20(24)14-16-8-7-15(3)19(13-16)26-4/h7-13H,5-6,14H2,1-4H3,(H,22,24). The summed E-state index contributed by atoms with van der Waals surface area (Å²) in [6.07, 6.45) is 0.261. The molecule has 138 valence electrons. The maximum Gasteiger partial charge on any atom is 0.253 e. The smallest absolute Gasteiger partial charge is 0.253 e. The van der Waals surface area contributed by atoms with Crippen LogP contribution in [0.25, 0.3) is 0 Å². The van der Waals surface area contributed by atoms with E-state index >= 15 is 0 Å². The van der Waals surface area contributed by atoms with Crippen molar-refractivity contribution in [2.75, 3.05) is 25.5 Å². The van der Waals surface area contributed by atoms with Crippen LogP contribution < -0.4 is 10.1 Å². The Hall–Kier alpha value is -2.82. The Kier molecular flexibility index (Phi) is 6.78. The zero-order chi connectivity index (χ0) is 19.1. The molecule has 0 radical (unpaired) electrons. The van der Waals surface area contributed by atoms with Crippen molar-refractivity contribution in [3.05, 3.63) is 59.2 Å². The molecule has 0 aliphatic heterocycles. The van der Waals surface area contributed by atoms with Crippen LogP contribution in [0.3, 0.4) is 0 Å². The van der Waals surface area contributed by atoms with E-state index in [4.69, 9.17) is 4.74 Å². The third kappa shape index (κ3) is 4.85. The number of methoxy groups -OCH3 is 1. The first-order valence-electron chi connectivity index (χ1n) is 8.81. The Balaban J connectivity index is 2.00. The summed E-state index contributed by atoms with van der Waals surface area (Å²) in [7, 11) is 1.62. The quantitative estimate of drug-likeness (QED) is 0.825. The van der Waals surface area contributed by atoms with Crippen molar-refractivity contribution >= 4 is 17.5 Å². The maximum absolute atomic E-state index is 12.3. The fraction of sp³-hybridized carbons (Fsp3) is 0.333. The van der Waals surface area contributed by atoms with Gasteiger partial charge in [-0.05, 0) is 62.2 Å². The molecule has 0 spiro atoms. The van der Waals surface area contributed by atoms with Gasteiger partial charge in [0.1, 0.15) is 5.75 Å². The van der Waals surface area contributed by atoms with Gasteiger partial charge in [0.05, 0.1) is 13.5 Å². The number of aryl methyl sites for hydroxylation is 1. The normalized spacial score (nSPS) is 10.3. The predicted molar refractivity (Wildman–Crippen MR) is 104 cm³/mol. The minimum Gasteiger partial charge on any atom is -0.496 e. The molecule has 0 heterocycles. The number of benzene rings is 2. The van der Waals surface area contributed by atoms with Crippen LogP contribution in [-0.2, 0) is 11.2 Å². The van der Waals surface area contributed by atoms with Gasteiger partial charge in [-0.2, -0.15) is 0 Å². The Bertz CT molecular complexity index is 765. The molecule has 26 heavy (non-hydrogen) atoms. The van der Waals surface area contributed by atoms with E-state index in [1.807, 2.05) is 39.0 Å². The van der Waals surface area contributed by atoms with Gasteiger partial charge in [-0.1, -0.05) is 12.1 Å². The number of hydrogen-bond acceptors (Lipinski definition) is 3. The monoisotopic (exact) mass is 354 g/mol. The van der Waals surface area contributed by atoms with Gasteiger partial charge < -0.3 is 15.0 Å². The number of anilines is 1. The highest BCUT2D eigenvalue weighted by Gasteiger charge is 2.12. The van der Waals surface area contributed by atoms with Crippen LogP contribution in [0, 0.1) is 6.92 Å². The van der Waals surface area contributed by atoms with E-state index in [0.29, 0.717) is 24.3 Å². The molecule has 5 heteroatoms. The average molecular weight is 354 g/mol. The van der Waals surface area contributed by atoms with Gasteiger partial charge in [-0.25, -0.2) is 0 Å². The second-order valence-corrected chi connectivity index (χ2v) is 6.08. The van der Waals surface area contributed by atoms with Crippen molar-refractivity contribution in [3.8, 4) is 5.75 Å². The van der Waals surface area contributed by atoms with Crippen molar-refractivity contribution < 1.29 is 14.3 Å². The zero-order valence-electron chi connectivity index (χ0n) is 15.8. The molecule has 2 rings (SSSR count). The lowest BCUT2D eigenvalue weighted by Gasteiger charge is -2.18. The number of carbonyl (C=O) groups excluding carboxylic acids is 2. The molecule has 0 bridgehead atoms. The zero-order valence-corrected chi connectivity index (χ0v) is 15.8. The molecule has 0 saturated heterocycles. The molecule has 2 aromatic rings. The summed E-state index contributed by atoms with van der Waals surface area (Å²) in [5.74, 6) is 0.660. The Labute approximate surface area is 155 Å². The summed E-state index contributed by atoms with van der Waals surface area (Å²) >= 11 is 0. The number of ether oxygens (including phenoxy) is 1. The van der Waals surface area contributed by atoms with Gasteiger partial charge in [-0.15, -0.1) is 0 Å². The number of rotatable bonds is 7. The second kappa shape index (κ2) is 9.04. The highest BCUT2D eigenvalue weighted by Crippen LogP contribution is 2.19. The van der Waals surface area contributed by atoms with E-state index in [0.717, 1.165) is 16.9 Å². The summed E-state index contributed by atoms with van der Waals surface area (Å²) in [5.41, 5.74) is 3.21. The lowest BCUT2D eigenvalue weighted by atomic mass is 10.1. The van der Waals surface area contributed by atoms with Crippen LogP contribution in [-0.4, -0.2) is 36.9 Å². The summed E-state index contributed by atoms with van der Waals surface area (Å²) < 4.78 is 5.29. The van der Waals surface area contributed by atoms with Crippen molar-refractivity contribution in [1.29, 1.82) is 0 Å². The minimum absolute atomic E-state index is 0.000345. The third-order valence-corrected chi connectivity index (χ3v) is 4.30. The van der Waals surface area contributed by atoms with Crippen LogP contribution in [0.1, 0.15) is 35.3 Å². The summed E-state index contributed by atoms with van der Waals surface area (Å²) in [4.78, 5) is 26.3. The molecule has 2 aromatic carbocycles. The Morgan fingerprint density at radius 3 is 2.27 bits per heavy atom. The molecule has 0 unspecified atom stereocenters. The molecule has 2 amide bonds. The van der Waals surface area contributed by atoms with Gasteiger partial charge in [0.25, 0.3) is 5.91 Å². The molecule has 0 atom stereocenters. The van der Waals surface area contributed by atoms with Crippen molar-refractivity contribution in [3.63, 3.8) is 0 Å². The molecule has 0 aliphatic carbocycles. The first-order chi connectivity index (χ1) is 12.5. The van der Waals surface area contributed by atoms with Gasteiger partial charge >= 0.3 is 0 Å². The van der Waals surface area contributed by atoms with E-state index in [-0.39, 0.29) is 18.2 Å². The molecule has 0 aromatic heterocycles. The van der Waals surface area contributed by atoms with E-state index < -0.39 is 0 Å². The second-order valence-electron chi connectivity index (χ2n) is 6.08. The lowest BCUT2D eigenvalue weighted by molar-refractivity contribution is -0.115. The fourth-order valence-corrected chi connectivity index (χ4v) is 2.75. The SMILES string of the molecule is CCN(CC)C(=O)c1ccc(NC(=O)Cc2ccc(C)c(OC)c2)cc1. The highest BCUT2D eigenvalue weighted by molar-refractivity contribution is 5.96. The molecule has 0 saturated carbocycles. The topological polar surface area (TPSA) is 58.6 Å². The molecule has 0 fully saturated rings. The largest absolute Gasteiger partial charge is 0.496 e. The van der Waals surface area contributed by atoms with E-state index in [9.17, 15) is 9.59 Å². The van der Waals surface area contributed by atoms with Gasteiger partial charge in [0.2, 0.25) is 5.91 Å². The van der Waals surface area contributed by atoms with E-state index in [1.54, 1.807) is 36.3 Å². The summed E-state index contributed by atoms with van der Waals surface area (Å²) in [5, 5.41) is 2.86. The first-order valence-corrected chi connectivity index (χ1v) is 8.81. The van der Waals surface area contributed by atoms with Gasteiger partial charge in [0, 0.05) is 24.3 Å². The van der Waals surface area contributed by atoms with Crippen LogP contribution >= 0.6 is 0 Å². The van der Waals surface area contributed by atoms with Crippen LogP contribution in [0.2, 0.25) is 0 Å². The number of amides is 2. The van der Waals surface area contributed by atoms with Crippen LogP contribution in [0.4, 0.5) is 5.69 Å². The van der Waals surface area contributed by atoms with Crippen molar-refractivity contribution in [1.82, 2.24) is 4.90 Å². The molecule has 5 nitrogen and oxygen atoms in total. The first kappa shape index (κ1) is 19.5. The highest BCUT2D eigenvalue weighted by atomic mass is 16.5. The third-order valence-electron chi connectivity index (χ3n) is 4.30. The van der Waals surface area contributed by atoms with Gasteiger partial charge in [0.15, 0.2) is 0 Å². The maximum atomic E-state index is 12.3. The van der Waals surface area contributed by atoms with Crippen molar-refractivity contribution in [2.24, 2.45) is 0 Å². The van der Waals surface area contributed by atoms with Crippen molar-refractivity contribution in [2.45, 2.75) is 27.2 Å². The predicted octanol–water partition coefficient (Wildman–Crippen LogP) is 3.67. The molecule has 1 N–H and O–H groups in total. The molecule has 0 aliphatic rings. The Morgan fingerprint density at radius 1 is 1.04 bits per heavy atom. The lowest BCUT2D eigenvalue weighted by Crippen LogP contribution is -2.30.